The highest BCUT2D eigenvalue weighted by Gasteiger charge is 2.44. The van der Waals surface area contributed by atoms with Crippen molar-refractivity contribution in [2.75, 3.05) is 13.1 Å². The van der Waals surface area contributed by atoms with E-state index in [0.717, 1.165) is 30.9 Å². The minimum absolute atomic E-state index is 0.0596. The van der Waals surface area contributed by atoms with Gasteiger partial charge in [-0.25, -0.2) is 4.39 Å². The highest BCUT2D eigenvalue weighted by atomic mass is 32.1. The Bertz CT molecular complexity index is 1010. The van der Waals surface area contributed by atoms with Gasteiger partial charge in [0.15, 0.2) is 0 Å². The first-order valence-electron chi connectivity index (χ1n) is 9.58. The summed E-state index contributed by atoms with van der Waals surface area (Å²) in [6, 6.07) is 15.1. The molecule has 6 heteroatoms. The number of carbonyl (C=O) groups is 1. The lowest BCUT2D eigenvalue weighted by Crippen LogP contribution is -2.49. The topological polar surface area (TPSA) is 28.5 Å². The summed E-state index contributed by atoms with van der Waals surface area (Å²) in [4.78, 5) is 20.3. The van der Waals surface area contributed by atoms with Crippen molar-refractivity contribution in [1.29, 1.82) is 0 Å². The van der Waals surface area contributed by atoms with Crippen molar-refractivity contribution in [3.05, 3.63) is 81.6 Å². The molecular formula is C22H22FN3OS. The van der Waals surface area contributed by atoms with E-state index in [1.54, 1.807) is 12.1 Å². The largest absolute Gasteiger partial charge is 0.337 e. The van der Waals surface area contributed by atoms with Gasteiger partial charge in [0.1, 0.15) is 11.5 Å². The Labute approximate surface area is 167 Å². The van der Waals surface area contributed by atoms with Crippen molar-refractivity contribution in [1.82, 2.24) is 14.4 Å². The van der Waals surface area contributed by atoms with Gasteiger partial charge in [0.25, 0.3) is 5.91 Å². The predicted molar refractivity (Wildman–Crippen MR) is 108 cm³/mol. The maximum absolute atomic E-state index is 13.3. The molecule has 0 saturated carbocycles. The van der Waals surface area contributed by atoms with Crippen molar-refractivity contribution >= 4 is 17.2 Å². The second kappa shape index (κ2) is 6.87. The monoisotopic (exact) mass is 395 g/mol. The maximum atomic E-state index is 13.3. The number of aryl methyl sites for hydroxylation is 1. The van der Waals surface area contributed by atoms with Crippen molar-refractivity contribution < 1.29 is 9.18 Å². The summed E-state index contributed by atoms with van der Waals surface area (Å²) in [5.41, 5.74) is 1.71. The number of nitrogens with zero attached hydrogens (tertiary/aromatic N) is 3. The van der Waals surface area contributed by atoms with Crippen molar-refractivity contribution in [3.8, 4) is 0 Å². The normalized spacial score (nSPS) is 21.8. The molecule has 4 heterocycles. The highest BCUT2D eigenvalue weighted by molar-refractivity contribution is 7.11. The van der Waals surface area contributed by atoms with Gasteiger partial charge in [-0.2, -0.15) is 0 Å². The molecule has 0 unspecified atom stereocenters. The molecule has 1 aromatic carbocycles. The van der Waals surface area contributed by atoms with E-state index in [0.29, 0.717) is 6.54 Å². The van der Waals surface area contributed by atoms with Gasteiger partial charge < -0.3 is 9.47 Å². The zero-order valence-electron chi connectivity index (χ0n) is 15.7. The van der Waals surface area contributed by atoms with E-state index < -0.39 is 0 Å². The molecule has 2 atom stereocenters. The molecule has 0 aliphatic carbocycles. The van der Waals surface area contributed by atoms with Gasteiger partial charge in [0.05, 0.1) is 12.1 Å². The van der Waals surface area contributed by atoms with Crippen molar-refractivity contribution in [3.63, 3.8) is 0 Å². The fourth-order valence-corrected chi connectivity index (χ4v) is 5.42. The van der Waals surface area contributed by atoms with Gasteiger partial charge in [-0.05, 0) is 48.9 Å². The molecule has 1 saturated heterocycles. The van der Waals surface area contributed by atoms with Crippen LogP contribution in [0.1, 0.15) is 31.8 Å². The van der Waals surface area contributed by atoms with Gasteiger partial charge in [-0.3, -0.25) is 9.69 Å². The standard InChI is InChI=1S/C22H22FN3OS/c1-15-4-9-18(28-15)12-24-13-20-21(14-24)26(11-16-5-7-17(23)8-6-16)22(27)19-3-2-10-25(19)20/h2-10,20-21H,11-14H2,1H3/t20-,21-/m1/s1. The number of halogens is 1. The number of carbonyl (C=O) groups excluding carboxylic acids is 1. The smallest absolute Gasteiger partial charge is 0.271 e. The summed E-state index contributed by atoms with van der Waals surface area (Å²) in [6.07, 6.45) is 2.03. The van der Waals surface area contributed by atoms with Crippen LogP contribution in [-0.4, -0.2) is 39.4 Å². The van der Waals surface area contributed by atoms with Crippen LogP contribution in [0, 0.1) is 12.7 Å². The first-order chi connectivity index (χ1) is 13.6. The summed E-state index contributed by atoms with van der Waals surface area (Å²) in [5, 5.41) is 0. The molecule has 1 amide bonds. The fourth-order valence-electron chi connectivity index (χ4n) is 4.48. The number of aromatic nitrogens is 1. The maximum Gasteiger partial charge on any atom is 0.271 e. The zero-order valence-corrected chi connectivity index (χ0v) is 16.5. The quantitative estimate of drug-likeness (QED) is 0.666. The van der Waals surface area contributed by atoms with E-state index in [9.17, 15) is 9.18 Å². The molecule has 28 heavy (non-hydrogen) atoms. The van der Waals surface area contributed by atoms with Crippen molar-refractivity contribution in [2.24, 2.45) is 0 Å². The average molecular weight is 396 g/mol. The molecule has 144 valence electrons. The molecule has 3 aromatic rings. The van der Waals surface area contributed by atoms with Gasteiger partial charge in [-0.15, -0.1) is 11.3 Å². The minimum Gasteiger partial charge on any atom is -0.337 e. The van der Waals surface area contributed by atoms with E-state index in [4.69, 9.17) is 0 Å². The summed E-state index contributed by atoms with van der Waals surface area (Å²) < 4.78 is 15.4. The van der Waals surface area contributed by atoms with Gasteiger partial charge in [-0.1, -0.05) is 12.1 Å². The fraction of sp³-hybridized carbons (Fsp3) is 0.318. The summed E-state index contributed by atoms with van der Waals surface area (Å²) in [7, 11) is 0. The molecule has 0 radical (unpaired) electrons. The molecule has 2 aliphatic rings. The third-order valence-corrected chi connectivity index (χ3v) is 6.78. The molecule has 0 spiro atoms. The Morgan fingerprint density at radius 2 is 1.82 bits per heavy atom. The Hall–Kier alpha value is -2.44. The van der Waals surface area contributed by atoms with E-state index in [1.165, 1.54) is 21.9 Å². The van der Waals surface area contributed by atoms with Crippen LogP contribution in [0.3, 0.4) is 0 Å². The number of hydrogen-bond acceptors (Lipinski definition) is 3. The SMILES string of the molecule is Cc1ccc(CN2C[C@@H]3[C@@H](C2)n2cccc2C(=O)N3Cc2ccc(F)cc2)s1. The van der Waals surface area contributed by atoms with E-state index in [-0.39, 0.29) is 23.8 Å². The van der Waals surface area contributed by atoms with E-state index >= 15 is 0 Å². The molecule has 1 fully saturated rings. The Kier molecular flexibility index (Phi) is 4.33. The second-order valence-electron chi connectivity index (χ2n) is 7.70. The summed E-state index contributed by atoms with van der Waals surface area (Å²) in [5.74, 6) is -0.192. The van der Waals surface area contributed by atoms with Crippen molar-refractivity contribution in [2.45, 2.75) is 32.1 Å². The van der Waals surface area contributed by atoms with Crippen LogP contribution >= 0.6 is 11.3 Å². The number of rotatable bonds is 4. The minimum atomic E-state index is -0.251. The molecule has 2 aliphatic heterocycles. The predicted octanol–water partition coefficient (Wildman–Crippen LogP) is 4.08. The molecule has 0 N–H and O–H groups in total. The van der Waals surface area contributed by atoms with E-state index in [2.05, 4.69) is 28.5 Å². The summed E-state index contributed by atoms with van der Waals surface area (Å²) >= 11 is 1.84. The Morgan fingerprint density at radius 1 is 1.04 bits per heavy atom. The van der Waals surface area contributed by atoms with Crippen LogP contribution in [0.4, 0.5) is 4.39 Å². The second-order valence-corrected chi connectivity index (χ2v) is 9.07. The first-order valence-corrected chi connectivity index (χ1v) is 10.4. The molecule has 0 bridgehead atoms. The molecule has 2 aromatic heterocycles. The molecule has 4 nitrogen and oxygen atoms in total. The number of amides is 1. The van der Waals surface area contributed by atoms with Crippen LogP contribution in [0.25, 0.3) is 0 Å². The Balaban J connectivity index is 1.43. The lowest BCUT2D eigenvalue weighted by Gasteiger charge is -2.38. The van der Waals surface area contributed by atoms with Crippen LogP contribution in [-0.2, 0) is 13.1 Å². The molecular weight excluding hydrogens is 373 g/mol. The van der Waals surface area contributed by atoms with E-state index in [1.807, 2.05) is 34.6 Å². The van der Waals surface area contributed by atoms with Crippen LogP contribution in [0.2, 0.25) is 0 Å². The summed E-state index contributed by atoms with van der Waals surface area (Å²) in [6.45, 7) is 5.34. The lowest BCUT2D eigenvalue weighted by molar-refractivity contribution is 0.0556. The lowest BCUT2D eigenvalue weighted by atomic mass is 10.0. The number of thiophene rings is 1. The molecule has 5 rings (SSSR count). The van der Waals surface area contributed by atoms with Crippen LogP contribution in [0.15, 0.2) is 54.7 Å². The zero-order chi connectivity index (χ0) is 19.3. The van der Waals surface area contributed by atoms with Gasteiger partial charge >= 0.3 is 0 Å². The third-order valence-electron chi connectivity index (χ3n) is 5.79. The van der Waals surface area contributed by atoms with Gasteiger partial charge in [0, 0.05) is 42.1 Å². The van der Waals surface area contributed by atoms with Crippen LogP contribution in [0.5, 0.6) is 0 Å². The van der Waals surface area contributed by atoms with Crippen LogP contribution < -0.4 is 0 Å². The van der Waals surface area contributed by atoms with Gasteiger partial charge in [0.2, 0.25) is 0 Å². The first kappa shape index (κ1) is 17.6. The highest BCUT2D eigenvalue weighted by Crippen LogP contribution is 2.35. The number of likely N-dealkylation sites (tertiary alicyclic amines) is 1. The number of hydrogen-bond donors (Lipinski definition) is 0. The third kappa shape index (κ3) is 3.06. The average Bonchev–Trinajstić information content (AvgIpc) is 3.40. The number of fused-ring (bicyclic) bond motifs is 3. The number of benzene rings is 1. The Morgan fingerprint density at radius 3 is 2.57 bits per heavy atom.